The molecule has 0 aliphatic rings. The second kappa shape index (κ2) is 6.37. The smallest absolute Gasteiger partial charge is 0.128 e. The zero-order chi connectivity index (χ0) is 13.8. The molecule has 0 aliphatic carbocycles. The molecule has 2 aromatic rings. The molecule has 0 heterocycles. The lowest BCUT2D eigenvalue weighted by molar-refractivity contribution is 0.288. The number of rotatable bonds is 4. The van der Waals surface area contributed by atoms with Gasteiger partial charge < -0.3 is 10.5 Å². The summed E-state index contributed by atoms with van der Waals surface area (Å²) < 4.78 is 19.9. The van der Waals surface area contributed by atoms with Crippen molar-refractivity contribution in [2.75, 3.05) is 6.61 Å². The van der Waals surface area contributed by atoms with Crippen LogP contribution in [0.3, 0.4) is 0 Å². The first-order chi connectivity index (χ1) is 9.06. The fourth-order valence-corrected chi connectivity index (χ4v) is 2.11. The minimum Gasteiger partial charge on any atom is -0.492 e. The van der Waals surface area contributed by atoms with E-state index in [9.17, 15) is 4.39 Å². The van der Waals surface area contributed by atoms with E-state index in [1.54, 1.807) is 36.4 Å². The Labute approximate surface area is 124 Å². The van der Waals surface area contributed by atoms with Crippen molar-refractivity contribution in [3.05, 3.63) is 63.3 Å². The Morgan fingerprint density at radius 2 is 1.89 bits per heavy atom. The van der Waals surface area contributed by atoms with E-state index in [-0.39, 0.29) is 12.4 Å². The highest BCUT2D eigenvalue weighted by Gasteiger charge is 2.12. The Kier molecular flexibility index (Phi) is 4.80. The van der Waals surface area contributed by atoms with Gasteiger partial charge in [0.15, 0.2) is 0 Å². The zero-order valence-corrected chi connectivity index (χ0v) is 12.3. The van der Waals surface area contributed by atoms with Crippen LogP contribution in [0.1, 0.15) is 11.6 Å². The number of halogens is 3. The fraction of sp³-hybridized carbons (Fsp3) is 0.143. The molecule has 2 rings (SSSR count). The van der Waals surface area contributed by atoms with E-state index >= 15 is 0 Å². The Bertz CT molecular complexity index is 562. The molecule has 2 N–H and O–H groups in total. The summed E-state index contributed by atoms with van der Waals surface area (Å²) in [7, 11) is 0. The molecule has 0 aliphatic heterocycles. The molecule has 100 valence electrons. The molecule has 0 aromatic heterocycles. The van der Waals surface area contributed by atoms with Gasteiger partial charge in [0.25, 0.3) is 0 Å². The van der Waals surface area contributed by atoms with Gasteiger partial charge in [-0.2, -0.15) is 0 Å². The molecule has 1 unspecified atom stereocenters. The van der Waals surface area contributed by atoms with Crippen LogP contribution in [0.25, 0.3) is 0 Å². The summed E-state index contributed by atoms with van der Waals surface area (Å²) in [6.45, 7) is 0.189. The van der Waals surface area contributed by atoms with E-state index in [2.05, 4.69) is 15.9 Å². The number of hydrogen-bond donors (Lipinski definition) is 1. The van der Waals surface area contributed by atoms with Crippen LogP contribution in [0.4, 0.5) is 4.39 Å². The van der Waals surface area contributed by atoms with Crippen LogP contribution >= 0.6 is 27.5 Å². The maximum absolute atomic E-state index is 13.6. The third kappa shape index (κ3) is 3.93. The van der Waals surface area contributed by atoms with Gasteiger partial charge in [-0.3, -0.25) is 0 Å². The average molecular weight is 345 g/mol. The minimum atomic E-state index is -0.534. The molecule has 19 heavy (non-hydrogen) atoms. The van der Waals surface area contributed by atoms with Crippen LogP contribution in [0.15, 0.2) is 46.9 Å². The molecular weight excluding hydrogens is 333 g/mol. The van der Waals surface area contributed by atoms with Crippen molar-refractivity contribution < 1.29 is 9.13 Å². The summed E-state index contributed by atoms with van der Waals surface area (Å²) in [5.41, 5.74) is 6.35. The molecule has 5 heteroatoms. The van der Waals surface area contributed by atoms with Crippen molar-refractivity contribution in [1.29, 1.82) is 0 Å². The molecule has 0 saturated heterocycles. The number of ether oxygens (including phenoxy) is 1. The predicted octanol–water partition coefficient (Wildman–Crippen LogP) is 4.32. The fourth-order valence-electron chi connectivity index (χ4n) is 1.61. The third-order valence-electron chi connectivity index (χ3n) is 2.60. The van der Waals surface area contributed by atoms with Gasteiger partial charge in [0.2, 0.25) is 0 Å². The monoisotopic (exact) mass is 343 g/mol. The molecule has 0 spiro atoms. The first-order valence-corrected chi connectivity index (χ1v) is 6.82. The molecule has 0 amide bonds. The van der Waals surface area contributed by atoms with Gasteiger partial charge in [-0.15, -0.1) is 0 Å². The first kappa shape index (κ1) is 14.3. The maximum atomic E-state index is 13.6. The molecule has 0 radical (unpaired) electrons. The molecule has 2 aromatic carbocycles. The van der Waals surface area contributed by atoms with Crippen molar-refractivity contribution in [2.24, 2.45) is 5.73 Å². The lowest BCUT2D eigenvalue weighted by Crippen LogP contribution is -2.20. The topological polar surface area (TPSA) is 35.2 Å². The Morgan fingerprint density at radius 3 is 2.58 bits per heavy atom. The summed E-state index contributed by atoms with van der Waals surface area (Å²) >= 11 is 9.06. The minimum absolute atomic E-state index is 0.189. The summed E-state index contributed by atoms with van der Waals surface area (Å²) in [6, 6.07) is 11.1. The Balaban J connectivity index is 2.03. The second-order valence-corrected chi connectivity index (χ2v) is 5.39. The van der Waals surface area contributed by atoms with E-state index < -0.39 is 6.04 Å². The third-order valence-corrected chi connectivity index (χ3v) is 3.35. The summed E-state index contributed by atoms with van der Waals surface area (Å²) in [4.78, 5) is 0. The summed E-state index contributed by atoms with van der Waals surface area (Å²) in [5.74, 6) is 0.311. The van der Waals surface area contributed by atoms with Gasteiger partial charge in [-0.05, 0) is 42.5 Å². The standard InChI is InChI=1S/C14H12BrClFNO/c15-9-1-6-13(17)12(7-9)14(18)8-19-11-4-2-10(16)3-5-11/h1-7,14H,8,18H2. The normalized spacial score (nSPS) is 12.2. The van der Waals surface area contributed by atoms with Crippen LogP contribution in [0.2, 0.25) is 5.02 Å². The lowest BCUT2D eigenvalue weighted by Gasteiger charge is -2.14. The van der Waals surface area contributed by atoms with Gasteiger partial charge in [0.1, 0.15) is 18.2 Å². The molecule has 1 atom stereocenters. The highest BCUT2D eigenvalue weighted by atomic mass is 79.9. The SMILES string of the molecule is NC(COc1ccc(Cl)cc1)c1cc(Br)ccc1F. The molecule has 0 fully saturated rings. The average Bonchev–Trinajstić information content (AvgIpc) is 2.40. The van der Waals surface area contributed by atoms with Crippen molar-refractivity contribution in [3.63, 3.8) is 0 Å². The van der Waals surface area contributed by atoms with Gasteiger partial charge >= 0.3 is 0 Å². The van der Waals surface area contributed by atoms with Gasteiger partial charge in [0, 0.05) is 15.1 Å². The molecule has 2 nitrogen and oxygen atoms in total. The molecule has 0 saturated carbocycles. The van der Waals surface area contributed by atoms with Crippen LogP contribution < -0.4 is 10.5 Å². The van der Waals surface area contributed by atoms with Crippen LogP contribution in [-0.4, -0.2) is 6.61 Å². The number of nitrogens with two attached hydrogens (primary N) is 1. The Morgan fingerprint density at radius 1 is 1.21 bits per heavy atom. The Hall–Kier alpha value is -1.10. The van der Waals surface area contributed by atoms with Crippen LogP contribution in [-0.2, 0) is 0 Å². The highest BCUT2D eigenvalue weighted by Crippen LogP contribution is 2.22. The van der Waals surface area contributed by atoms with Crippen LogP contribution in [0, 0.1) is 5.82 Å². The highest BCUT2D eigenvalue weighted by molar-refractivity contribution is 9.10. The zero-order valence-electron chi connectivity index (χ0n) is 9.95. The van der Waals surface area contributed by atoms with Crippen LogP contribution in [0.5, 0.6) is 5.75 Å². The van der Waals surface area contributed by atoms with E-state index in [0.717, 1.165) is 4.47 Å². The van der Waals surface area contributed by atoms with Crippen molar-refractivity contribution >= 4 is 27.5 Å². The summed E-state index contributed by atoms with van der Waals surface area (Å²) in [6.07, 6.45) is 0. The molecule has 0 bridgehead atoms. The van der Waals surface area contributed by atoms with Gasteiger partial charge in [-0.25, -0.2) is 4.39 Å². The maximum Gasteiger partial charge on any atom is 0.128 e. The van der Waals surface area contributed by atoms with E-state index in [4.69, 9.17) is 22.1 Å². The van der Waals surface area contributed by atoms with E-state index in [1.165, 1.54) is 6.07 Å². The van der Waals surface area contributed by atoms with Crippen molar-refractivity contribution in [2.45, 2.75) is 6.04 Å². The predicted molar refractivity (Wildman–Crippen MR) is 78.0 cm³/mol. The molecular formula is C14H12BrClFNO. The van der Waals surface area contributed by atoms with E-state index in [1.807, 2.05) is 0 Å². The first-order valence-electron chi connectivity index (χ1n) is 5.65. The van der Waals surface area contributed by atoms with Crippen molar-refractivity contribution in [1.82, 2.24) is 0 Å². The number of benzene rings is 2. The summed E-state index contributed by atoms with van der Waals surface area (Å²) in [5, 5.41) is 0.634. The lowest BCUT2D eigenvalue weighted by atomic mass is 10.1. The number of hydrogen-bond acceptors (Lipinski definition) is 2. The quantitative estimate of drug-likeness (QED) is 0.896. The van der Waals surface area contributed by atoms with Crippen molar-refractivity contribution in [3.8, 4) is 5.75 Å². The largest absolute Gasteiger partial charge is 0.492 e. The van der Waals surface area contributed by atoms with E-state index in [0.29, 0.717) is 16.3 Å². The second-order valence-electron chi connectivity index (χ2n) is 4.04. The van der Waals surface area contributed by atoms with Gasteiger partial charge in [0.05, 0.1) is 6.04 Å². The van der Waals surface area contributed by atoms with Gasteiger partial charge in [-0.1, -0.05) is 27.5 Å².